The van der Waals surface area contributed by atoms with Crippen molar-refractivity contribution in [2.24, 2.45) is 22.2 Å². The lowest BCUT2D eigenvalue weighted by Crippen LogP contribution is -2.30. The second kappa shape index (κ2) is 10.1. The highest BCUT2D eigenvalue weighted by atomic mass is 16.4. The topological polar surface area (TPSA) is 128 Å². The molecule has 1 atom stereocenters. The quantitative estimate of drug-likeness (QED) is 0.336. The minimum Gasteiger partial charge on any atom is -0.480 e. The molecule has 1 aromatic carbocycles. The van der Waals surface area contributed by atoms with E-state index in [2.05, 4.69) is 4.99 Å². The van der Waals surface area contributed by atoms with Crippen molar-refractivity contribution in [1.82, 2.24) is 0 Å². The van der Waals surface area contributed by atoms with Crippen molar-refractivity contribution in [3.63, 3.8) is 0 Å². The molecule has 0 aliphatic heterocycles. The van der Waals surface area contributed by atoms with Gasteiger partial charge in [-0.1, -0.05) is 36.4 Å². The maximum atomic E-state index is 10.2. The predicted molar refractivity (Wildman–Crippen MR) is 72.0 cm³/mol. The Balaban J connectivity index is 0.000000397. The predicted octanol–water partition coefficient (Wildman–Crippen LogP) is 0.139. The van der Waals surface area contributed by atoms with Gasteiger partial charge in [0.2, 0.25) is 0 Å². The maximum absolute atomic E-state index is 10.2. The molecule has 0 spiro atoms. The average molecular weight is 252 g/mol. The van der Waals surface area contributed by atoms with Gasteiger partial charge in [0, 0.05) is 6.54 Å². The number of carboxylic acids is 1. The van der Waals surface area contributed by atoms with Crippen molar-refractivity contribution < 1.29 is 9.90 Å². The van der Waals surface area contributed by atoms with Crippen LogP contribution in [0.1, 0.15) is 12.8 Å². The van der Waals surface area contributed by atoms with E-state index in [0.717, 1.165) is 0 Å². The number of nitrogens with zero attached hydrogens (tertiary/aromatic N) is 1. The molecule has 0 saturated heterocycles. The summed E-state index contributed by atoms with van der Waals surface area (Å²) in [6.45, 7) is 0.420. The summed E-state index contributed by atoms with van der Waals surface area (Å²) in [5.74, 6) is -0.987. The molecule has 0 heterocycles. The summed E-state index contributed by atoms with van der Waals surface area (Å²) in [4.78, 5) is 13.9. The zero-order valence-corrected chi connectivity index (χ0v) is 10.2. The fraction of sp³-hybridized carbons (Fsp3) is 0.333. The molecule has 100 valence electrons. The Morgan fingerprint density at radius 2 is 1.56 bits per heavy atom. The Morgan fingerprint density at radius 1 is 1.11 bits per heavy atom. The molecule has 0 aromatic heterocycles. The first-order valence-corrected chi connectivity index (χ1v) is 5.58. The van der Waals surface area contributed by atoms with Crippen LogP contribution in [0.5, 0.6) is 0 Å². The second-order valence-electron chi connectivity index (χ2n) is 3.55. The molecule has 0 amide bonds. The van der Waals surface area contributed by atoms with Gasteiger partial charge >= 0.3 is 5.97 Å². The molecule has 0 fully saturated rings. The Bertz CT molecular complexity index is 324. The molecular formula is C12H20N4O2. The fourth-order valence-electron chi connectivity index (χ4n) is 1.03. The Morgan fingerprint density at radius 3 is 1.89 bits per heavy atom. The van der Waals surface area contributed by atoms with Crippen LogP contribution in [-0.4, -0.2) is 29.6 Å². The lowest BCUT2D eigenvalue weighted by molar-refractivity contribution is -0.138. The van der Waals surface area contributed by atoms with Crippen molar-refractivity contribution in [3.8, 4) is 0 Å². The van der Waals surface area contributed by atoms with Crippen LogP contribution in [0.25, 0.3) is 0 Å². The van der Waals surface area contributed by atoms with E-state index in [9.17, 15) is 4.79 Å². The zero-order chi connectivity index (χ0) is 13.8. The van der Waals surface area contributed by atoms with E-state index < -0.39 is 12.0 Å². The molecule has 7 N–H and O–H groups in total. The van der Waals surface area contributed by atoms with Crippen LogP contribution in [0.15, 0.2) is 41.4 Å². The Hall–Kier alpha value is -2.08. The van der Waals surface area contributed by atoms with Crippen molar-refractivity contribution in [2.75, 3.05) is 6.54 Å². The van der Waals surface area contributed by atoms with E-state index >= 15 is 0 Å². The molecule has 0 aliphatic rings. The first-order valence-electron chi connectivity index (χ1n) is 5.58. The van der Waals surface area contributed by atoms with Gasteiger partial charge in [-0.05, 0) is 12.8 Å². The van der Waals surface area contributed by atoms with Gasteiger partial charge in [0.05, 0.1) is 0 Å². The lowest BCUT2D eigenvalue weighted by Gasteiger charge is -2.03. The molecule has 1 rings (SSSR count). The van der Waals surface area contributed by atoms with Crippen LogP contribution in [0.2, 0.25) is 0 Å². The van der Waals surface area contributed by atoms with E-state index in [1.54, 1.807) is 0 Å². The number of hydrogen-bond donors (Lipinski definition) is 4. The summed E-state index contributed by atoms with van der Waals surface area (Å²) in [6, 6.07) is 11.2. The van der Waals surface area contributed by atoms with Crippen molar-refractivity contribution in [1.29, 1.82) is 0 Å². The highest BCUT2D eigenvalue weighted by Crippen LogP contribution is 1.94. The van der Waals surface area contributed by atoms with Crippen LogP contribution in [0.3, 0.4) is 0 Å². The van der Waals surface area contributed by atoms with E-state index in [4.69, 9.17) is 22.3 Å². The Labute approximate surface area is 106 Å². The number of rotatable bonds is 5. The fourth-order valence-corrected chi connectivity index (χ4v) is 1.03. The van der Waals surface area contributed by atoms with Gasteiger partial charge in [0.25, 0.3) is 0 Å². The van der Waals surface area contributed by atoms with Crippen LogP contribution in [0.4, 0.5) is 0 Å². The number of aliphatic carboxylic acids is 1. The highest BCUT2D eigenvalue weighted by Gasteiger charge is 2.09. The van der Waals surface area contributed by atoms with Crippen LogP contribution >= 0.6 is 0 Å². The SMILES string of the molecule is NC(N)=NCCC[C@H](N)C(=O)O.c1ccccc1. The molecule has 0 radical (unpaired) electrons. The summed E-state index contributed by atoms with van der Waals surface area (Å²) < 4.78 is 0. The molecule has 6 heteroatoms. The van der Waals surface area contributed by atoms with E-state index in [1.807, 2.05) is 36.4 Å². The van der Waals surface area contributed by atoms with Gasteiger partial charge in [-0.3, -0.25) is 9.79 Å². The molecule has 0 bridgehead atoms. The van der Waals surface area contributed by atoms with Crippen LogP contribution in [0, 0.1) is 0 Å². The maximum Gasteiger partial charge on any atom is 0.320 e. The molecule has 6 nitrogen and oxygen atoms in total. The summed E-state index contributed by atoms with van der Waals surface area (Å²) in [6.07, 6.45) is 0.956. The average Bonchev–Trinajstić information content (AvgIpc) is 2.37. The van der Waals surface area contributed by atoms with Gasteiger partial charge in [-0.2, -0.15) is 0 Å². The number of hydrogen-bond acceptors (Lipinski definition) is 3. The van der Waals surface area contributed by atoms with Gasteiger partial charge in [-0.15, -0.1) is 0 Å². The van der Waals surface area contributed by atoms with Crippen LogP contribution < -0.4 is 17.2 Å². The molecule has 0 unspecified atom stereocenters. The lowest BCUT2D eigenvalue weighted by atomic mass is 10.2. The Kier molecular flexibility index (Phi) is 8.93. The van der Waals surface area contributed by atoms with E-state index in [0.29, 0.717) is 19.4 Å². The van der Waals surface area contributed by atoms with Gasteiger partial charge < -0.3 is 22.3 Å². The second-order valence-corrected chi connectivity index (χ2v) is 3.55. The first-order chi connectivity index (χ1) is 8.54. The summed E-state index contributed by atoms with van der Waals surface area (Å²) in [5, 5.41) is 8.38. The number of carbonyl (C=O) groups is 1. The van der Waals surface area contributed by atoms with Crippen molar-refractivity contribution >= 4 is 11.9 Å². The van der Waals surface area contributed by atoms with Gasteiger partial charge in [0.15, 0.2) is 5.96 Å². The van der Waals surface area contributed by atoms with Crippen molar-refractivity contribution in [2.45, 2.75) is 18.9 Å². The van der Waals surface area contributed by atoms with Crippen LogP contribution in [-0.2, 0) is 4.79 Å². The summed E-state index contributed by atoms with van der Waals surface area (Å²) in [7, 11) is 0. The zero-order valence-electron chi connectivity index (χ0n) is 10.2. The minimum absolute atomic E-state index is 0.0129. The van der Waals surface area contributed by atoms with Crippen molar-refractivity contribution in [3.05, 3.63) is 36.4 Å². The summed E-state index contributed by atoms with van der Waals surface area (Å²) in [5.41, 5.74) is 15.3. The smallest absolute Gasteiger partial charge is 0.320 e. The monoisotopic (exact) mass is 252 g/mol. The first kappa shape index (κ1) is 15.9. The van der Waals surface area contributed by atoms with Gasteiger partial charge in [0.1, 0.15) is 6.04 Å². The third kappa shape index (κ3) is 10.4. The number of aliphatic imine (C=N–C) groups is 1. The van der Waals surface area contributed by atoms with E-state index in [-0.39, 0.29) is 5.96 Å². The number of benzene rings is 1. The third-order valence-electron chi connectivity index (χ3n) is 1.95. The molecule has 0 saturated carbocycles. The van der Waals surface area contributed by atoms with E-state index in [1.165, 1.54) is 0 Å². The number of carboxylic acid groups (broad SMARTS) is 1. The minimum atomic E-state index is -1.00. The molecule has 1 aromatic rings. The van der Waals surface area contributed by atoms with Gasteiger partial charge in [-0.25, -0.2) is 0 Å². The number of nitrogens with two attached hydrogens (primary N) is 3. The standard InChI is InChI=1S/C6H14N4O2.C6H6/c7-4(5(11)12)2-1-3-10-6(8)9;1-2-4-6-5-3-1/h4H,1-3,7H2,(H,11,12)(H4,8,9,10);1-6H/t4-;/m0./s1. The molecule has 0 aliphatic carbocycles. The molecular weight excluding hydrogens is 232 g/mol. The number of guanidine groups is 1. The molecule has 18 heavy (non-hydrogen) atoms. The normalized spacial score (nSPS) is 10.7. The third-order valence-corrected chi connectivity index (χ3v) is 1.95. The summed E-state index contributed by atoms with van der Waals surface area (Å²) >= 11 is 0. The highest BCUT2D eigenvalue weighted by molar-refractivity contribution is 5.75. The largest absolute Gasteiger partial charge is 0.480 e.